The average Bonchev–Trinajstić information content (AvgIpc) is 3.16. The molecule has 4 nitrogen and oxygen atoms in total. The molecule has 0 fully saturated rings. The SMILES string of the molecule is CC1(C)c2cccnc2N2c3sc(C=C(C#N)C#N)cc3C(C)(C)c3cccc1c32. The van der Waals surface area contributed by atoms with E-state index in [0.717, 1.165) is 15.7 Å². The number of nitrogens with zero attached hydrogens (tertiary/aromatic N) is 4. The normalized spacial score (nSPS) is 16.4. The zero-order valence-electron chi connectivity index (χ0n) is 17.3. The summed E-state index contributed by atoms with van der Waals surface area (Å²) in [5, 5.41) is 19.5. The minimum absolute atomic E-state index is 0.114. The first-order chi connectivity index (χ1) is 14.3. The number of para-hydroxylation sites is 1. The van der Waals surface area contributed by atoms with Crippen LogP contribution in [-0.2, 0) is 10.8 Å². The number of benzene rings is 1. The Morgan fingerprint density at radius 1 is 0.967 bits per heavy atom. The number of aromatic nitrogens is 1. The van der Waals surface area contributed by atoms with Crippen molar-refractivity contribution in [3.05, 3.63) is 75.3 Å². The van der Waals surface area contributed by atoms with Gasteiger partial charge in [-0.05, 0) is 34.9 Å². The minimum atomic E-state index is -0.207. The second kappa shape index (κ2) is 6.05. The lowest BCUT2D eigenvalue weighted by atomic mass is 9.68. The van der Waals surface area contributed by atoms with Crippen molar-refractivity contribution >= 4 is 33.9 Å². The summed E-state index contributed by atoms with van der Waals surface area (Å²) in [6.45, 7) is 9.01. The number of hydrogen-bond acceptors (Lipinski definition) is 5. The van der Waals surface area contributed by atoms with E-state index in [4.69, 9.17) is 4.98 Å². The largest absolute Gasteiger partial charge is 0.285 e. The van der Waals surface area contributed by atoms with E-state index >= 15 is 0 Å². The van der Waals surface area contributed by atoms with Crippen molar-refractivity contribution in [2.45, 2.75) is 38.5 Å². The van der Waals surface area contributed by atoms with Gasteiger partial charge in [-0.1, -0.05) is 52.0 Å². The minimum Gasteiger partial charge on any atom is -0.285 e. The summed E-state index contributed by atoms with van der Waals surface area (Å²) in [4.78, 5) is 7.99. The molecule has 2 aromatic heterocycles. The van der Waals surface area contributed by atoms with Crippen LogP contribution in [0.25, 0.3) is 6.08 Å². The van der Waals surface area contributed by atoms with Gasteiger partial charge in [0.1, 0.15) is 28.5 Å². The van der Waals surface area contributed by atoms with Gasteiger partial charge >= 0.3 is 0 Å². The van der Waals surface area contributed by atoms with Crippen molar-refractivity contribution in [1.29, 1.82) is 10.5 Å². The Bertz CT molecular complexity index is 1310. The highest BCUT2D eigenvalue weighted by Gasteiger charge is 2.46. The summed E-state index contributed by atoms with van der Waals surface area (Å²) in [6.07, 6.45) is 3.53. The van der Waals surface area contributed by atoms with Crippen LogP contribution in [0.1, 0.15) is 54.8 Å². The van der Waals surface area contributed by atoms with Crippen LogP contribution in [0.2, 0.25) is 0 Å². The van der Waals surface area contributed by atoms with Gasteiger partial charge in [0.15, 0.2) is 0 Å². The average molecular weight is 409 g/mol. The molecule has 2 aliphatic heterocycles. The standard InChI is InChI=1S/C25H20N4S/c1-24(2)17-7-5-8-18-21(17)29(22-19(24)9-6-10-28-22)23-20(25(18,3)4)12-16(30-23)11-15(13-26)14-27/h5-12H,1-4H3. The van der Waals surface area contributed by atoms with Crippen LogP contribution in [0.4, 0.5) is 16.5 Å². The summed E-state index contributed by atoms with van der Waals surface area (Å²) < 4.78 is 0. The number of hydrogen-bond donors (Lipinski definition) is 0. The molecule has 0 spiro atoms. The van der Waals surface area contributed by atoms with Crippen molar-refractivity contribution in [1.82, 2.24) is 4.98 Å². The summed E-state index contributed by atoms with van der Waals surface area (Å²) in [5.41, 5.74) is 5.91. The summed E-state index contributed by atoms with van der Waals surface area (Å²) in [6, 6.07) is 16.8. The van der Waals surface area contributed by atoms with E-state index < -0.39 is 0 Å². The highest BCUT2D eigenvalue weighted by molar-refractivity contribution is 7.17. The Hall–Kier alpha value is -3.41. The third kappa shape index (κ3) is 2.27. The van der Waals surface area contributed by atoms with Crippen molar-refractivity contribution in [3.8, 4) is 12.1 Å². The van der Waals surface area contributed by atoms with E-state index in [2.05, 4.69) is 62.9 Å². The number of thiophene rings is 1. The molecule has 146 valence electrons. The Kier molecular flexibility index (Phi) is 3.75. The maximum Gasteiger partial charge on any atom is 0.142 e. The first-order valence-electron chi connectivity index (χ1n) is 9.86. The van der Waals surface area contributed by atoms with E-state index in [9.17, 15) is 10.5 Å². The van der Waals surface area contributed by atoms with E-state index in [-0.39, 0.29) is 16.4 Å². The molecule has 30 heavy (non-hydrogen) atoms. The molecule has 4 heterocycles. The summed E-state index contributed by atoms with van der Waals surface area (Å²) in [7, 11) is 0. The van der Waals surface area contributed by atoms with Gasteiger partial charge in [0.05, 0.1) is 5.69 Å². The van der Waals surface area contributed by atoms with Gasteiger partial charge in [0.2, 0.25) is 0 Å². The zero-order valence-corrected chi connectivity index (χ0v) is 18.1. The third-order valence-corrected chi connectivity index (χ3v) is 7.48. The van der Waals surface area contributed by atoms with Crippen LogP contribution in [0.15, 0.2) is 48.2 Å². The summed E-state index contributed by atoms with van der Waals surface area (Å²) >= 11 is 1.61. The van der Waals surface area contributed by atoms with Crippen molar-refractivity contribution in [2.24, 2.45) is 0 Å². The van der Waals surface area contributed by atoms with Crippen LogP contribution in [0.3, 0.4) is 0 Å². The molecule has 2 aliphatic rings. The van der Waals surface area contributed by atoms with E-state index in [1.807, 2.05) is 24.4 Å². The van der Waals surface area contributed by atoms with Gasteiger partial charge in [0.25, 0.3) is 0 Å². The van der Waals surface area contributed by atoms with Gasteiger partial charge in [-0.25, -0.2) is 4.98 Å². The molecule has 5 heteroatoms. The second-order valence-corrected chi connectivity index (χ2v) is 9.87. The molecule has 0 radical (unpaired) electrons. The molecule has 0 saturated heterocycles. The lowest BCUT2D eigenvalue weighted by Crippen LogP contribution is -2.37. The Balaban J connectivity index is 1.87. The Morgan fingerprint density at radius 2 is 1.60 bits per heavy atom. The number of pyridine rings is 1. The number of fused-ring (bicyclic) bond motifs is 4. The smallest absolute Gasteiger partial charge is 0.142 e. The molecular weight excluding hydrogens is 388 g/mol. The first kappa shape index (κ1) is 18.6. The van der Waals surface area contributed by atoms with Crippen molar-refractivity contribution in [2.75, 3.05) is 4.90 Å². The molecular formula is C25H20N4S. The first-order valence-corrected chi connectivity index (χ1v) is 10.7. The monoisotopic (exact) mass is 408 g/mol. The zero-order chi connectivity index (χ0) is 21.3. The Labute approximate surface area is 180 Å². The maximum absolute atomic E-state index is 9.21. The molecule has 0 unspecified atom stereocenters. The van der Waals surface area contributed by atoms with Gasteiger partial charge in [-0.3, -0.25) is 4.90 Å². The number of anilines is 3. The maximum atomic E-state index is 9.21. The quantitative estimate of drug-likeness (QED) is 0.442. The third-order valence-electron chi connectivity index (χ3n) is 6.41. The van der Waals surface area contributed by atoms with Gasteiger partial charge < -0.3 is 0 Å². The van der Waals surface area contributed by atoms with Crippen molar-refractivity contribution < 1.29 is 0 Å². The fourth-order valence-corrected chi connectivity index (χ4v) is 6.04. The van der Waals surface area contributed by atoms with E-state index in [0.29, 0.717) is 0 Å². The molecule has 3 aromatic rings. The van der Waals surface area contributed by atoms with Gasteiger partial charge in [-0.15, -0.1) is 11.3 Å². The van der Waals surface area contributed by atoms with Crippen LogP contribution >= 0.6 is 11.3 Å². The molecule has 5 rings (SSSR count). The highest BCUT2D eigenvalue weighted by Crippen LogP contribution is 2.61. The number of allylic oxidation sites excluding steroid dienone is 1. The fourth-order valence-electron chi connectivity index (χ4n) is 4.77. The number of rotatable bonds is 1. The highest BCUT2D eigenvalue weighted by atomic mass is 32.1. The molecule has 0 atom stereocenters. The van der Waals surface area contributed by atoms with Crippen LogP contribution in [0.5, 0.6) is 0 Å². The molecule has 1 aromatic carbocycles. The fraction of sp³-hybridized carbons (Fsp3) is 0.240. The lowest BCUT2D eigenvalue weighted by Gasteiger charge is -2.47. The van der Waals surface area contributed by atoms with Crippen LogP contribution < -0.4 is 4.90 Å². The lowest BCUT2D eigenvalue weighted by molar-refractivity contribution is 0.596. The molecule has 0 aliphatic carbocycles. The van der Waals surface area contributed by atoms with E-state index in [1.165, 1.54) is 27.9 Å². The predicted octanol–water partition coefficient (Wildman–Crippen LogP) is 6.32. The molecule has 0 amide bonds. The topological polar surface area (TPSA) is 63.7 Å². The van der Waals surface area contributed by atoms with Crippen molar-refractivity contribution in [3.63, 3.8) is 0 Å². The van der Waals surface area contributed by atoms with Gasteiger partial charge in [-0.2, -0.15) is 10.5 Å². The van der Waals surface area contributed by atoms with Crippen LogP contribution in [-0.4, -0.2) is 4.98 Å². The van der Waals surface area contributed by atoms with E-state index in [1.54, 1.807) is 17.4 Å². The van der Waals surface area contributed by atoms with Crippen LogP contribution in [0, 0.1) is 22.7 Å². The Morgan fingerprint density at radius 3 is 2.27 bits per heavy atom. The van der Waals surface area contributed by atoms with Gasteiger partial charge in [0, 0.05) is 27.5 Å². The summed E-state index contributed by atoms with van der Waals surface area (Å²) in [5.74, 6) is 0.956. The predicted molar refractivity (Wildman–Crippen MR) is 120 cm³/mol. The molecule has 0 N–H and O–H groups in total. The molecule has 0 saturated carbocycles. The number of nitriles is 2. The second-order valence-electron chi connectivity index (χ2n) is 8.81. The molecule has 0 bridgehead atoms.